The lowest BCUT2D eigenvalue weighted by molar-refractivity contribution is -0.137. The number of nitrogens with two attached hydrogens (primary N) is 1. The summed E-state index contributed by atoms with van der Waals surface area (Å²) in [6.45, 7) is 3.65. The predicted molar refractivity (Wildman–Crippen MR) is 74.7 cm³/mol. The Hall–Kier alpha value is -1.32. The van der Waals surface area contributed by atoms with Gasteiger partial charge in [-0.25, -0.2) is 0 Å². The van der Waals surface area contributed by atoms with Crippen LogP contribution in [0.3, 0.4) is 0 Å². The molecule has 0 saturated carbocycles. The highest BCUT2D eigenvalue weighted by atomic mass is 32.2. The van der Waals surface area contributed by atoms with Crippen LogP contribution in [0.15, 0.2) is 18.2 Å². The molecule has 0 fully saturated rings. The van der Waals surface area contributed by atoms with Crippen LogP contribution in [0.4, 0.5) is 18.9 Å². The normalized spacial score (nSPS) is 12.7. The minimum absolute atomic E-state index is 0.0294. The second kappa shape index (κ2) is 6.63. The van der Waals surface area contributed by atoms with Gasteiger partial charge in [0.1, 0.15) is 0 Å². The van der Waals surface area contributed by atoms with E-state index in [0.717, 1.165) is 18.2 Å². The molecule has 9 heteroatoms. The van der Waals surface area contributed by atoms with Crippen LogP contribution in [0.5, 0.6) is 0 Å². The zero-order chi connectivity index (χ0) is 16.3. The van der Waals surface area contributed by atoms with E-state index in [9.17, 15) is 21.6 Å². The summed E-state index contributed by atoms with van der Waals surface area (Å²) in [5.41, 5.74) is 4.61. The van der Waals surface area contributed by atoms with Gasteiger partial charge >= 0.3 is 6.18 Å². The van der Waals surface area contributed by atoms with Gasteiger partial charge < -0.3 is 5.73 Å². The molecule has 0 aliphatic heterocycles. The summed E-state index contributed by atoms with van der Waals surface area (Å²) in [6.07, 6.45) is -4.50. The fourth-order valence-corrected chi connectivity index (χ4v) is 2.61. The highest BCUT2D eigenvalue weighted by Gasteiger charge is 2.31. The van der Waals surface area contributed by atoms with Gasteiger partial charge in [0.05, 0.1) is 11.3 Å². The van der Waals surface area contributed by atoms with E-state index in [1.54, 1.807) is 0 Å². The number of benzene rings is 1. The van der Waals surface area contributed by atoms with Crippen LogP contribution in [0.2, 0.25) is 0 Å². The first kappa shape index (κ1) is 17.7. The number of nitrogens with one attached hydrogen (secondary N) is 2. The Kier molecular flexibility index (Phi) is 5.60. The van der Waals surface area contributed by atoms with Crippen molar-refractivity contribution in [2.75, 3.05) is 11.3 Å². The number of halogens is 3. The fraction of sp³-hybridized carbons (Fsp3) is 0.500. The van der Waals surface area contributed by atoms with Gasteiger partial charge in [-0.2, -0.15) is 26.3 Å². The van der Waals surface area contributed by atoms with Gasteiger partial charge in [0.2, 0.25) is 0 Å². The Morgan fingerprint density at radius 3 is 2.38 bits per heavy atom. The van der Waals surface area contributed by atoms with Crippen LogP contribution in [0.1, 0.15) is 25.0 Å². The SMILES string of the molecule is CC(C)CNS(=O)(=O)Nc1ccc(C(F)(F)F)cc1CN. The van der Waals surface area contributed by atoms with Gasteiger partial charge in [0.25, 0.3) is 10.2 Å². The molecule has 0 atom stereocenters. The molecule has 0 aliphatic rings. The molecule has 0 aliphatic carbocycles. The Morgan fingerprint density at radius 1 is 1.29 bits per heavy atom. The topological polar surface area (TPSA) is 84.2 Å². The maximum absolute atomic E-state index is 12.6. The van der Waals surface area contributed by atoms with Crippen molar-refractivity contribution in [2.24, 2.45) is 11.7 Å². The zero-order valence-corrected chi connectivity index (χ0v) is 12.5. The molecule has 0 amide bonds. The van der Waals surface area contributed by atoms with E-state index in [2.05, 4.69) is 9.44 Å². The van der Waals surface area contributed by atoms with Crippen molar-refractivity contribution in [1.29, 1.82) is 0 Å². The molecule has 1 aromatic carbocycles. The minimum atomic E-state index is -4.50. The first-order valence-electron chi connectivity index (χ1n) is 6.22. The molecule has 0 saturated heterocycles. The second-order valence-corrected chi connectivity index (χ2v) is 6.42. The first-order valence-corrected chi connectivity index (χ1v) is 7.71. The molecule has 0 bridgehead atoms. The fourth-order valence-electron chi connectivity index (χ4n) is 1.50. The maximum Gasteiger partial charge on any atom is 0.416 e. The molecule has 0 unspecified atom stereocenters. The Morgan fingerprint density at radius 2 is 1.90 bits per heavy atom. The Bertz CT molecular complexity index is 586. The van der Waals surface area contributed by atoms with E-state index in [0.29, 0.717) is 0 Å². The standard InChI is InChI=1S/C12H18F3N3O2S/c1-8(2)7-17-21(19,20)18-11-4-3-10(12(13,14)15)5-9(11)6-16/h3-5,8,17-18H,6-7,16H2,1-2H3. The monoisotopic (exact) mass is 325 g/mol. The lowest BCUT2D eigenvalue weighted by Gasteiger charge is -2.15. The van der Waals surface area contributed by atoms with Crippen LogP contribution in [0.25, 0.3) is 0 Å². The molecule has 0 radical (unpaired) electrons. The summed E-state index contributed by atoms with van der Waals surface area (Å²) in [5.74, 6) is 0.100. The van der Waals surface area contributed by atoms with E-state index < -0.39 is 21.9 Å². The molecular weight excluding hydrogens is 307 g/mol. The summed E-state index contributed by atoms with van der Waals surface area (Å²) >= 11 is 0. The number of hydrogen-bond acceptors (Lipinski definition) is 3. The lowest BCUT2D eigenvalue weighted by Crippen LogP contribution is -2.33. The van der Waals surface area contributed by atoms with Gasteiger partial charge in [-0.15, -0.1) is 0 Å². The van der Waals surface area contributed by atoms with E-state index in [1.165, 1.54) is 0 Å². The molecule has 0 heterocycles. The van der Waals surface area contributed by atoms with Crippen molar-refractivity contribution < 1.29 is 21.6 Å². The van der Waals surface area contributed by atoms with Gasteiger partial charge in [-0.05, 0) is 29.7 Å². The third-order valence-electron chi connectivity index (χ3n) is 2.58. The van der Waals surface area contributed by atoms with E-state index in [1.807, 2.05) is 13.8 Å². The van der Waals surface area contributed by atoms with Crippen LogP contribution < -0.4 is 15.2 Å². The molecular formula is C12H18F3N3O2S. The highest BCUT2D eigenvalue weighted by Crippen LogP contribution is 2.31. The van der Waals surface area contributed by atoms with E-state index in [-0.39, 0.29) is 30.3 Å². The van der Waals surface area contributed by atoms with Crippen molar-refractivity contribution in [2.45, 2.75) is 26.6 Å². The molecule has 0 aromatic heterocycles. The van der Waals surface area contributed by atoms with Crippen molar-refractivity contribution in [3.63, 3.8) is 0 Å². The molecule has 0 spiro atoms. The van der Waals surface area contributed by atoms with Crippen molar-refractivity contribution in [1.82, 2.24) is 4.72 Å². The van der Waals surface area contributed by atoms with Crippen LogP contribution in [0, 0.1) is 5.92 Å². The highest BCUT2D eigenvalue weighted by molar-refractivity contribution is 7.90. The average Bonchev–Trinajstić information content (AvgIpc) is 2.35. The quantitative estimate of drug-likeness (QED) is 0.748. The maximum atomic E-state index is 12.6. The molecule has 1 rings (SSSR count). The molecule has 4 N–H and O–H groups in total. The van der Waals surface area contributed by atoms with Gasteiger partial charge in [-0.1, -0.05) is 13.8 Å². The average molecular weight is 325 g/mol. The molecule has 21 heavy (non-hydrogen) atoms. The molecule has 1 aromatic rings. The Balaban J connectivity index is 2.99. The van der Waals surface area contributed by atoms with Crippen molar-refractivity contribution in [3.05, 3.63) is 29.3 Å². The van der Waals surface area contributed by atoms with Crippen LogP contribution in [-0.4, -0.2) is 15.0 Å². The number of rotatable bonds is 6. The number of alkyl halides is 3. The third kappa shape index (κ3) is 5.52. The summed E-state index contributed by atoms with van der Waals surface area (Å²) in [7, 11) is -3.85. The van der Waals surface area contributed by atoms with E-state index >= 15 is 0 Å². The van der Waals surface area contributed by atoms with Gasteiger partial charge in [0.15, 0.2) is 0 Å². The first-order chi connectivity index (χ1) is 9.55. The second-order valence-electron chi connectivity index (χ2n) is 4.92. The van der Waals surface area contributed by atoms with E-state index in [4.69, 9.17) is 5.73 Å². The zero-order valence-electron chi connectivity index (χ0n) is 11.7. The third-order valence-corrected chi connectivity index (χ3v) is 3.61. The largest absolute Gasteiger partial charge is 0.416 e. The van der Waals surface area contributed by atoms with Gasteiger partial charge in [-0.3, -0.25) is 4.72 Å². The number of hydrogen-bond donors (Lipinski definition) is 3. The van der Waals surface area contributed by atoms with Crippen LogP contribution >= 0.6 is 0 Å². The molecule has 120 valence electrons. The van der Waals surface area contributed by atoms with Gasteiger partial charge in [0, 0.05) is 13.1 Å². The smallest absolute Gasteiger partial charge is 0.326 e. The number of anilines is 1. The summed E-state index contributed by atoms with van der Waals surface area (Å²) in [5, 5.41) is 0. The lowest BCUT2D eigenvalue weighted by atomic mass is 10.1. The minimum Gasteiger partial charge on any atom is -0.326 e. The summed E-state index contributed by atoms with van der Waals surface area (Å²) in [6, 6.07) is 2.69. The van der Waals surface area contributed by atoms with Crippen molar-refractivity contribution in [3.8, 4) is 0 Å². The summed E-state index contributed by atoms with van der Waals surface area (Å²) < 4.78 is 65.8. The molecule has 5 nitrogen and oxygen atoms in total. The Labute approximate surface area is 121 Å². The van der Waals surface area contributed by atoms with Crippen molar-refractivity contribution >= 4 is 15.9 Å². The predicted octanol–water partition coefficient (Wildman–Crippen LogP) is 2.07. The van der Waals surface area contributed by atoms with Crippen LogP contribution in [-0.2, 0) is 22.9 Å². The summed E-state index contributed by atoms with van der Waals surface area (Å²) in [4.78, 5) is 0.